The number of aryl methyl sites for hydroxylation is 1. The molecule has 1 aliphatic heterocycles. The van der Waals surface area contributed by atoms with Crippen molar-refractivity contribution in [2.75, 3.05) is 19.8 Å². The number of nitrogens with two attached hydrogens (primary N) is 1. The summed E-state index contributed by atoms with van der Waals surface area (Å²) in [7, 11) is 0. The van der Waals surface area contributed by atoms with Crippen LogP contribution in [0.4, 0.5) is 0 Å². The maximum atomic E-state index is 11.9. The van der Waals surface area contributed by atoms with Crippen LogP contribution >= 0.6 is 0 Å². The van der Waals surface area contributed by atoms with Crippen molar-refractivity contribution >= 4 is 5.91 Å². The molecular weight excluding hydrogens is 252 g/mol. The Labute approximate surface area is 120 Å². The van der Waals surface area contributed by atoms with Crippen molar-refractivity contribution < 1.29 is 9.53 Å². The van der Waals surface area contributed by atoms with Gasteiger partial charge >= 0.3 is 0 Å². The Balaban J connectivity index is 1.61. The van der Waals surface area contributed by atoms with Gasteiger partial charge in [0.05, 0.1) is 6.04 Å². The van der Waals surface area contributed by atoms with E-state index in [2.05, 4.69) is 17.4 Å². The molecular formula is C16H24N2O2. The fourth-order valence-corrected chi connectivity index (χ4v) is 2.44. The molecule has 1 aliphatic rings. The second-order valence-electron chi connectivity index (χ2n) is 5.44. The van der Waals surface area contributed by atoms with E-state index in [1.54, 1.807) is 0 Å². The van der Waals surface area contributed by atoms with Crippen molar-refractivity contribution in [3.63, 3.8) is 0 Å². The molecule has 4 nitrogen and oxygen atoms in total. The molecule has 2 rings (SSSR count). The largest absolute Gasteiger partial charge is 0.381 e. The highest BCUT2D eigenvalue weighted by Gasteiger charge is 2.17. The SMILES string of the molecule is N[C@@H](CCc1ccccc1)C(=O)NCCC1CCOC1. The second-order valence-corrected chi connectivity index (χ2v) is 5.44. The van der Waals surface area contributed by atoms with E-state index in [4.69, 9.17) is 10.5 Å². The van der Waals surface area contributed by atoms with E-state index in [1.807, 2.05) is 18.2 Å². The molecule has 3 N–H and O–H groups in total. The summed E-state index contributed by atoms with van der Waals surface area (Å²) in [5, 5.41) is 2.93. The van der Waals surface area contributed by atoms with Crippen molar-refractivity contribution in [2.24, 2.45) is 11.7 Å². The minimum Gasteiger partial charge on any atom is -0.381 e. The third-order valence-electron chi connectivity index (χ3n) is 3.80. The van der Waals surface area contributed by atoms with Crippen LogP contribution in [0.1, 0.15) is 24.8 Å². The molecule has 0 radical (unpaired) electrons. The van der Waals surface area contributed by atoms with Gasteiger partial charge < -0.3 is 15.8 Å². The van der Waals surface area contributed by atoms with Gasteiger partial charge in [-0.3, -0.25) is 4.79 Å². The number of ether oxygens (including phenoxy) is 1. The Kier molecular flexibility index (Phi) is 6.02. The summed E-state index contributed by atoms with van der Waals surface area (Å²) in [5.74, 6) is 0.552. The first-order valence-electron chi connectivity index (χ1n) is 7.40. The third kappa shape index (κ3) is 4.94. The van der Waals surface area contributed by atoms with Crippen LogP contribution in [0.2, 0.25) is 0 Å². The van der Waals surface area contributed by atoms with Gasteiger partial charge in [-0.05, 0) is 37.2 Å². The molecule has 0 saturated carbocycles. The molecule has 0 aromatic heterocycles. The topological polar surface area (TPSA) is 64.4 Å². The number of rotatable bonds is 7. The standard InChI is InChI=1S/C16H24N2O2/c17-15(7-6-13-4-2-1-3-5-13)16(19)18-10-8-14-9-11-20-12-14/h1-5,14-15H,6-12,17H2,(H,18,19)/t14?,15-/m0/s1. The Bertz CT molecular complexity index is 402. The first-order valence-corrected chi connectivity index (χ1v) is 7.40. The third-order valence-corrected chi connectivity index (χ3v) is 3.80. The Morgan fingerprint density at radius 1 is 1.40 bits per heavy atom. The number of hydrogen-bond acceptors (Lipinski definition) is 3. The van der Waals surface area contributed by atoms with Crippen LogP contribution in [0.25, 0.3) is 0 Å². The van der Waals surface area contributed by atoms with Crippen LogP contribution in [0.15, 0.2) is 30.3 Å². The zero-order valence-corrected chi connectivity index (χ0v) is 11.9. The lowest BCUT2D eigenvalue weighted by atomic mass is 10.0. The number of nitrogens with one attached hydrogen (secondary N) is 1. The molecule has 1 heterocycles. The van der Waals surface area contributed by atoms with Gasteiger partial charge in [0.1, 0.15) is 0 Å². The van der Waals surface area contributed by atoms with Gasteiger partial charge in [-0.1, -0.05) is 30.3 Å². The van der Waals surface area contributed by atoms with E-state index < -0.39 is 6.04 Å². The first-order chi connectivity index (χ1) is 9.75. The number of benzene rings is 1. The molecule has 1 saturated heterocycles. The highest BCUT2D eigenvalue weighted by atomic mass is 16.5. The highest BCUT2D eigenvalue weighted by molar-refractivity contribution is 5.81. The number of carbonyl (C=O) groups excluding carboxylic acids is 1. The average Bonchev–Trinajstić information content (AvgIpc) is 2.99. The molecule has 0 spiro atoms. The predicted molar refractivity (Wildman–Crippen MR) is 79.3 cm³/mol. The quantitative estimate of drug-likeness (QED) is 0.793. The molecule has 1 fully saturated rings. The zero-order valence-electron chi connectivity index (χ0n) is 11.9. The van der Waals surface area contributed by atoms with E-state index in [9.17, 15) is 4.79 Å². The van der Waals surface area contributed by atoms with Crippen molar-refractivity contribution in [1.29, 1.82) is 0 Å². The minimum absolute atomic E-state index is 0.0418. The molecule has 0 aliphatic carbocycles. The van der Waals surface area contributed by atoms with Crippen molar-refractivity contribution in [3.05, 3.63) is 35.9 Å². The predicted octanol–water partition coefficient (Wildman–Crippen LogP) is 1.49. The van der Waals surface area contributed by atoms with Gasteiger partial charge in [-0.2, -0.15) is 0 Å². The summed E-state index contributed by atoms with van der Waals surface area (Å²) in [6.45, 7) is 2.39. The van der Waals surface area contributed by atoms with Gasteiger partial charge in [-0.15, -0.1) is 0 Å². The summed E-state index contributed by atoms with van der Waals surface area (Å²) < 4.78 is 5.31. The van der Waals surface area contributed by atoms with Gasteiger partial charge in [0.25, 0.3) is 0 Å². The monoisotopic (exact) mass is 276 g/mol. The normalized spacial score (nSPS) is 19.8. The molecule has 2 atom stereocenters. The molecule has 20 heavy (non-hydrogen) atoms. The molecule has 4 heteroatoms. The molecule has 0 bridgehead atoms. The van der Waals surface area contributed by atoms with Crippen LogP contribution in [0.3, 0.4) is 0 Å². The van der Waals surface area contributed by atoms with Crippen molar-refractivity contribution in [2.45, 2.75) is 31.7 Å². The van der Waals surface area contributed by atoms with Crippen LogP contribution < -0.4 is 11.1 Å². The summed E-state index contributed by atoms with van der Waals surface area (Å²) in [4.78, 5) is 11.9. The molecule has 110 valence electrons. The molecule has 1 aromatic rings. The maximum Gasteiger partial charge on any atom is 0.236 e. The fourth-order valence-electron chi connectivity index (χ4n) is 2.44. The van der Waals surface area contributed by atoms with Crippen molar-refractivity contribution in [1.82, 2.24) is 5.32 Å². The second kappa shape index (κ2) is 8.02. The lowest BCUT2D eigenvalue weighted by Crippen LogP contribution is -2.41. The van der Waals surface area contributed by atoms with E-state index in [0.717, 1.165) is 32.5 Å². The summed E-state index contributed by atoms with van der Waals surface area (Å²) in [6.07, 6.45) is 3.61. The fraction of sp³-hybridized carbons (Fsp3) is 0.562. The smallest absolute Gasteiger partial charge is 0.236 e. The van der Waals surface area contributed by atoms with Gasteiger partial charge in [0.2, 0.25) is 5.91 Å². The van der Waals surface area contributed by atoms with Gasteiger partial charge in [0.15, 0.2) is 0 Å². The number of hydrogen-bond donors (Lipinski definition) is 2. The lowest BCUT2D eigenvalue weighted by molar-refractivity contribution is -0.122. The molecule has 1 amide bonds. The number of amides is 1. The van der Waals surface area contributed by atoms with E-state index in [1.165, 1.54) is 5.56 Å². The van der Waals surface area contributed by atoms with E-state index >= 15 is 0 Å². The van der Waals surface area contributed by atoms with Crippen LogP contribution in [-0.4, -0.2) is 31.7 Å². The lowest BCUT2D eigenvalue weighted by Gasteiger charge is -2.13. The summed E-state index contributed by atoms with van der Waals surface area (Å²) in [5.41, 5.74) is 7.14. The zero-order chi connectivity index (χ0) is 14.2. The van der Waals surface area contributed by atoms with E-state index in [0.29, 0.717) is 18.9 Å². The molecule has 1 unspecified atom stereocenters. The summed E-state index contributed by atoms with van der Waals surface area (Å²) in [6, 6.07) is 9.70. The minimum atomic E-state index is -0.421. The first kappa shape index (κ1) is 15.0. The van der Waals surface area contributed by atoms with Gasteiger partial charge in [-0.25, -0.2) is 0 Å². The van der Waals surface area contributed by atoms with Crippen molar-refractivity contribution in [3.8, 4) is 0 Å². The Morgan fingerprint density at radius 2 is 2.20 bits per heavy atom. The van der Waals surface area contributed by atoms with Crippen LogP contribution in [-0.2, 0) is 16.0 Å². The summed E-state index contributed by atoms with van der Waals surface area (Å²) >= 11 is 0. The maximum absolute atomic E-state index is 11.9. The Hall–Kier alpha value is -1.39. The van der Waals surface area contributed by atoms with Crippen LogP contribution in [0, 0.1) is 5.92 Å². The average molecular weight is 276 g/mol. The van der Waals surface area contributed by atoms with E-state index in [-0.39, 0.29) is 5.91 Å². The van der Waals surface area contributed by atoms with Crippen LogP contribution in [0.5, 0.6) is 0 Å². The highest BCUT2D eigenvalue weighted by Crippen LogP contribution is 2.15. The van der Waals surface area contributed by atoms with Gasteiger partial charge in [0, 0.05) is 19.8 Å². The molecule has 1 aromatic carbocycles. The Morgan fingerprint density at radius 3 is 2.90 bits per heavy atom. The number of carbonyl (C=O) groups is 1.